The average Bonchev–Trinajstić information content (AvgIpc) is 2.30. The van der Waals surface area contributed by atoms with Crippen molar-refractivity contribution in [1.29, 1.82) is 0 Å². The summed E-state index contributed by atoms with van der Waals surface area (Å²) in [4.78, 5) is 23.3. The second kappa shape index (κ2) is 4.30. The molecule has 1 aromatic carbocycles. The summed E-state index contributed by atoms with van der Waals surface area (Å²) < 4.78 is 0. The molecule has 4 nitrogen and oxygen atoms in total. The number of nitrogens with one attached hydrogen (secondary N) is 1. The van der Waals surface area contributed by atoms with Gasteiger partial charge in [-0.3, -0.25) is 14.9 Å². The number of amides is 2. The maximum absolute atomic E-state index is 12.1. The van der Waals surface area contributed by atoms with Gasteiger partial charge >= 0.3 is 0 Å². The molecule has 90 valence electrons. The van der Waals surface area contributed by atoms with Gasteiger partial charge in [0, 0.05) is 0 Å². The predicted octanol–water partition coefficient (Wildman–Crippen LogP) is 0.742. The smallest absolute Gasteiger partial charge is 0.239 e. The number of benzene rings is 1. The van der Waals surface area contributed by atoms with Gasteiger partial charge in [0.05, 0.1) is 12.5 Å². The molecule has 1 saturated heterocycles. The Morgan fingerprint density at radius 3 is 2.53 bits per heavy atom. The molecular formula is C13H15NO3. The largest absolute Gasteiger partial charge is 0.391 e. The van der Waals surface area contributed by atoms with Crippen molar-refractivity contribution in [3.63, 3.8) is 0 Å². The van der Waals surface area contributed by atoms with E-state index in [0.29, 0.717) is 6.42 Å². The summed E-state index contributed by atoms with van der Waals surface area (Å²) in [6.07, 6.45) is -0.540. The van der Waals surface area contributed by atoms with Gasteiger partial charge in [0.25, 0.3) is 0 Å². The molecule has 1 aromatic rings. The van der Waals surface area contributed by atoms with Crippen LogP contribution in [-0.4, -0.2) is 23.0 Å². The SMILES string of the molecule is CCC1(c2ccccc2)C(=O)NC(=O)CC1O. The van der Waals surface area contributed by atoms with E-state index < -0.39 is 23.3 Å². The number of aliphatic hydroxyl groups is 1. The number of rotatable bonds is 2. The Labute approximate surface area is 99.6 Å². The van der Waals surface area contributed by atoms with Crippen molar-refractivity contribution in [3.05, 3.63) is 35.9 Å². The summed E-state index contributed by atoms with van der Waals surface area (Å²) in [5, 5.41) is 12.4. The minimum Gasteiger partial charge on any atom is -0.391 e. The lowest BCUT2D eigenvalue weighted by molar-refractivity contribution is -0.144. The molecule has 2 unspecified atom stereocenters. The first kappa shape index (κ1) is 11.8. The van der Waals surface area contributed by atoms with Crippen LogP contribution < -0.4 is 5.32 Å². The Bertz CT molecular complexity index is 443. The summed E-state index contributed by atoms with van der Waals surface area (Å²) in [6.45, 7) is 1.84. The molecule has 4 heteroatoms. The fraction of sp³-hybridized carbons (Fsp3) is 0.385. The zero-order valence-corrected chi connectivity index (χ0v) is 9.64. The molecule has 0 spiro atoms. The number of aliphatic hydroxyl groups excluding tert-OH is 1. The molecule has 2 atom stereocenters. The molecule has 2 amide bonds. The summed E-state index contributed by atoms with van der Waals surface area (Å²) in [5.74, 6) is -0.822. The first-order chi connectivity index (χ1) is 8.11. The molecule has 1 aliphatic heterocycles. The predicted molar refractivity (Wildman–Crippen MR) is 62.2 cm³/mol. The number of carbonyl (C=O) groups excluding carboxylic acids is 2. The fourth-order valence-corrected chi connectivity index (χ4v) is 2.45. The number of imide groups is 1. The van der Waals surface area contributed by atoms with E-state index in [-0.39, 0.29) is 6.42 Å². The average molecular weight is 233 g/mol. The third kappa shape index (κ3) is 1.74. The zero-order valence-electron chi connectivity index (χ0n) is 9.64. The van der Waals surface area contributed by atoms with Gasteiger partial charge in [-0.05, 0) is 12.0 Å². The quantitative estimate of drug-likeness (QED) is 0.740. The highest BCUT2D eigenvalue weighted by Crippen LogP contribution is 2.35. The summed E-state index contributed by atoms with van der Waals surface area (Å²) >= 11 is 0. The highest BCUT2D eigenvalue weighted by molar-refractivity contribution is 6.04. The van der Waals surface area contributed by atoms with Crippen LogP contribution in [0, 0.1) is 0 Å². The van der Waals surface area contributed by atoms with Gasteiger partial charge < -0.3 is 5.11 Å². The monoisotopic (exact) mass is 233 g/mol. The zero-order chi connectivity index (χ0) is 12.5. The van der Waals surface area contributed by atoms with Crippen molar-refractivity contribution in [2.45, 2.75) is 31.3 Å². The molecule has 0 bridgehead atoms. The maximum atomic E-state index is 12.1. The van der Waals surface area contributed by atoms with Crippen LogP contribution in [0.2, 0.25) is 0 Å². The minimum atomic E-state index is -1.00. The van der Waals surface area contributed by atoms with Gasteiger partial charge in [0.1, 0.15) is 5.41 Å². The molecule has 17 heavy (non-hydrogen) atoms. The Kier molecular flexibility index (Phi) is 2.98. The minimum absolute atomic E-state index is 0.0333. The molecule has 0 aliphatic carbocycles. The van der Waals surface area contributed by atoms with Gasteiger partial charge in [0.15, 0.2) is 0 Å². The number of piperidine rings is 1. The lowest BCUT2D eigenvalue weighted by atomic mass is 9.70. The molecule has 0 radical (unpaired) electrons. The highest BCUT2D eigenvalue weighted by Gasteiger charge is 2.49. The first-order valence-corrected chi connectivity index (χ1v) is 5.69. The van der Waals surface area contributed by atoms with Gasteiger partial charge in [-0.25, -0.2) is 0 Å². The normalized spacial score (nSPS) is 28.9. The molecule has 0 aromatic heterocycles. The third-order valence-electron chi connectivity index (χ3n) is 3.45. The number of carbonyl (C=O) groups is 2. The van der Waals surface area contributed by atoms with Gasteiger partial charge in [-0.15, -0.1) is 0 Å². The molecule has 1 fully saturated rings. The van der Waals surface area contributed by atoms with Gasteiger partial charge in [0.2, 0.25) is 11.8 Å². The van der Waals surface area contributed by atoms with E-state index in [4.69, 9.17) is 0 Å². The number of hydrogen-bond acceptors (Lipinski definition) is 3. The second-order valence-corrected chi connectivity index (χ2v) is 4.29. The van der Waals surface area contributed by atoms with Crippen molar-refractivity contribution < 1.29 is 14.7 Å². The summed E-state index contributed by atoms with van der Waals surface area (Å²) in [5.41, 5.74) is -0.255. The van der Waals surface area contributed by atoms with Crippen molar-refractivity contribution in [2.75, 3.05) is 0 Å². The van der Waals surface area contributed by atoms with Crippen LogP contribution in [0.15, 0.2) is 30.3 Å². The first-order valence-electron chi connectivity index (χ1n) is 5.69. The lowest BCUT2D eigenvalue weighted by Crippen LogP contribution is -2.59. The van der Waals surface area contributed by atoms with Crippen molar-refractivity contribution in [1.82, 2.24) is 5.32 Å². The molecule has 0 saturated carbocycles. The van der Waals surface area contributed by atoms with Crippen LogP contribution in [0.25, 0.3) is 0 Å². The number of hydrogen-bond donors (Lipinski definition) is 2. The van der Waals surface area contributed by atoms with E-state index in [1.807, 2.05) is 37.3 Å². The Morgan fingerprint density at radius 1 is 1.35 bits per heavy atom. The van der Waals surface area contributed by atoms with Crippen LogP contribution in [0.5, 0.6) is 0 Å². The molecular weight excluding hydrogens is 218 g/mol. The van der Waals surface area contributed by atoms with E-state index in [0.717, 1.165) is 5.56 Å². The molecule has 2 N–H and O–H groups in total. The van der Waals surface area contributed by atoms with Crippen LogP contribution in [0.1, 0.15) is 25.3 Å². The molecule has 1 aliphatic rings. The van der Waals surface area contributed by atoms with Crippen molar-refractivity contribution in [2.24, 2.45) is 0 Å². The second-order valence-electron chi connectivity index (χ2n) is 4.29. The van der Waals surface area contributed by atoms with Crippen LogP contribution in [0.4, 0.5) is 0 Å². The Balaban J connectivity index is 2.49. The lowest BCUT2D eigenvalue weighted by Gasteiger charge is -2.39. The third-order valence-corrected chi connectivity index (χ3v) is 3.45. The van der Waals surface area contributed by atoms with E-state index in [9.17, 15) is 14.7 Å². The van der Waals surface area contributed by atoms with Crippen LogP contribution in [-0.2, 0) is 15.0 Å². The Hall–Kier alpha value is -1.68. The Morgan fingerprint density at radius 2 is 2.00 bits per heavy atom. The summed E-state index contributed by atoms with van der Waals surface area (Å²) in [6, 6.07) is 9.11. The highest BCUT2D eigenvalue weighted by atomic mass is 16.3. The topological polar surface area (TPSA) is 66.4 Å². The van der Waals surface area contributed by atoms with Crippen molar-refractivity contribution in [3.8, 4) is 0 Å². The van der Waals surface area contributed by atoms with Crippen molar-refractivity contribution >= 4 is 11.8 Å². The molecule has 2 rings (SSSR count). The van der Waals surface area contributed by atoms with E-state index >= 15 is 0 Å². The van der Waals surface area contributed by atoms with Crippen LogP contribution >= 0.6 is 0 Å². The van der Waals surface area contributed by atoms with E-state index in [1.165, 1.54) is 0 Å². The van der Waals surface area contributed by atoms with Crippen LogP contribution in [0.3, 0.4) is 0 Å². The standard InChI is InChI=1S/C13H15NO3/c1-2-13(9-6-4-3-5-7-9)10(15)8-11(16)14-12(13)17/h3-7,10,15H,2,8H2,1H3,(H,14,16,17). The van der Waals surface area contributed by atoms with E-state index in [1.54, 1.807) is 0 Å². The fourth-order valence-electron chi connectivity index (χ4n) is 2.45. The van der Waals surface area contributed by atoms with Gasteiger partial charge in [-0.1, -0.05) is 37.3 Å². The summed E-state index contributed by atoms with van der Waals surface area (Å²) in [7, 11) is 0. The van der Waals surface area contributed by atoms with Gasteiger partial charge in [-0.2, -0.15) is 0 Å². The molecule has 1 heterocycles. The van der Waals surface area contributed by atoms with E-state index in [2.05, 4.69) is 5.32 Å². The maximum Gasteiger partial charge on any atom is 0.239 e.